The topological polar surface area (TPSA) is 308 Å². The Balaban J connectivity index is 1.71. The van der Waals surface area contributed by atoms with Gasteiger partial charge < -0.3 is 48.3 Å². The van der Waals surface area contributed by atoms with Crippen molar-refractivity contribution in [1.82, 2.24) is 48.0 Å². The number of nitrogens with two attached hydrogens (primary N) is 1. The highest BCUT2D eigenvalue weighted by atomic mass is 32.2. The molecule has 7 atom stereocenters. The van der Waals surface area contributed by atoms with E-state index in [0.29, 0.717) is 37.5 Å². The molecule has 59 heavy (non-hydrogen) atoms. The lowest BCUT2D eigenvalue weighted by Gasteiger charge is -2.25. The molecule has 0 aliphatic carbocycles. The first-order valence-corrected chi connectivity index (χ1v) is 21.8. The summed E-state index contributed by atoms with van der Waals surface area (Å²) in [5, 5.41) is 30.4. The third-order valence-corrected chi connectivity index (χ3v) is 11.6. The molecule has 10 amide bonds. The van der Waals surface area contributed by atoms with Gasteiger partial charge in [-0.2, -0.15) is 24.4 Å². The van der Waals surface area contributed by atoms with E-state index in [1.165, 1.54) is 5.48 Å². The molecule has 0 aromatic heterocycles. The van der Waals surface area contributed by atoms with Gasteiger partial charge in [0.1, 0.15) is 18.1 Å². The van der Waals surface area contributed by atoms with Crippen molar-refractivity contribution in [1.29, 1.82) is 0 Å². The molecular weight excluding hydrogens is 809 g/mol. The lowest BCUT2D eigenvalue weighted by Crippen LogP contribution is -2.56. The molecule has 0 aromatic carbocycles. The van der Waals surface area contributed by atoms with Crippen LogP contribution in [-0.4, -0.2) is 125 Å². The van der Waals surface area contributed by atoms with Crippen LogP contribution in [-0.2, 0) is 38.4 Å². The van der Waals surface area contributed by atoms with E-state index >= 15 is 0 Å². The molecule has 0 bridgehead atoms. The van der Waals surface area contributed by atoms with Crippen LogP contribution in [0.15, 0.2) is 0 Å². The Morgan fingerprint density at radius 2 is 1.44 bits per heavy atom. The van der Waals surface area contributed by atoms with E-state index in [-0.39, 0.29) is 60.9 Å². The zero-order valence-corrected chi connectivity index (χ0v) is 36.1. The predicted molar refractivity (Wildman–Crippen MR) is 223 cm³/mol. The van der Waals surface area contributed by atoms with Gasteiger partial charge in [-0.1, -0.05) is 34.1 Å². The van der Waals surface area contributed by atoms with Gasteiger partial charge in [-0.05, 0) is 56.8 Å². The molecule has 2 aliphatic rings. The van der Waals surface area contributed by atoms with Crippen molar-refractivity contribution in [3.05, 3.63) is 0 Å². The third kappa shape index (κ3) is 19.5. The van der Waals surface area contributed by atoms with Crippen molar-refractivity contribution in [3.8, 4) is 0 Å². The van der Waals surface area contributed by atoms with Crippen molar-refractivity contribution >= 4 is 77.7 Å². The van der Waals surface area contributed by atoms with Crippen LogP contribution in [0.5, 0.6) is 0 Å². The van der Waals surface area contributed by atoms with E-state index in [1.54, 1.807) is 0 Å². The van der Waals surface area contributed by atoms with Crippen LogP contribution in [0.2, 0.25) is 0 Å². The number of rotatable bonds is 28. The minimum absolute atomic E-state index is 0.0297. The number of nitrogens with one attached hydrogen (secondary N) is 9. The Hall–Kier alpha value is -4.31. The predicted octanol–water partition coefficient (Wildman–Crippen LogP) is -1.30. The molecule has 2 aliphatic heterocycles. The Labute approximate surface area is 355 Å². The molecule has 22 heteroatoms. The van der Waals surface area contributed by atoms with Gasteiger partial charge in [0.2, 0.25) is 47.3 Å². The third-order valence-electron chi connectivity index (χ3n) is 9.71. The van der Waals surface area contributed by atoms with Crippen LogP contribution in [0.3, 0.4) is 0 Å². The summed E-state index contributed by atoms with van der Waals surface area (Å²) in [5.41, 5.74) is 6.97. The van der Waals surface area contributed by atoms with Gasteiger partial charge in [0.15, 0.2) is 0 Å². The highest BCUT2D eigenvalue weighted by Gasteiger charge is 2.42. The monoisotopic (exact) mass is 872 g/mol. The number of hydrogen-bond acceptors (Lipinski definition) is 12. The minimum Gasteiger partial charge on any atom is -0.368 e. The van der Waals surface area contributed by atoms with Gasteiger partial charge >= 0.3 is 6.03 Å². The molecule has 0 radical (unpaired) electrons. The smallest absolute Gasteiger partial charge is 0.315 e. The Bertz CT molecular complexity index is 1470. The zero-order valence-electron chi connectivity index (χ0n) is 34.4. The molecule has 2 heterocycles. The maximum atomic E-state index is 13.2. The number of carbonyl (C=O) groups excluding carboxylic acids is 9. The number of unbranched alkanes of at least 4 members (excludes halogenated alkanes) is 2. The Kier molecular flexibility index (Phi) is 23.0. The maximum Gasteiger partial charge on any atom is 0.315 e. The van der Waals surface area contributed by atoms with Gasteiger partial charge in [0.05, 0.1) is 25.2 Å². The SMILES string of the molecule is CC(C)CC(CC(=O)NO)C(=O)N[C@@H](CS)C(=O)N[C@@H](CC(C)C)C(=O)NCC(=O)NCC(=O)N[C@@H](CCCCNC(=O)CCCC[C@@H]1SC[C@@H]2NC(=O)N[C@@H]21)C(N)=O. The van der Waals surface area contributed by atoms with Crippen LogP contribution in [0.4, 0.5) is 4.79 Å². The van der Waals surface area contributed by atoms with E-state index in [9.17, 15) is 43.2 Å². The highest BCUT2D eigenvalue weighted by Crippen LogP contribution is 2.33. The number of thioether (sulfide) groups is 1. The molecule has 20 nitrogen and oxygen atoms in total. The molecule has 2 fully saturated rings. The Morgan fingerprint density at radius 3 is 2.08 bits per heavy atom. The van der Waals surface area contributed by atoms with Crippen LogP contribution in [0.1, 0.15) is 91.9 Å². The van der Waals surface area contributed by atoms with Crippen molar-refractivity contribution < 1.29 is 48.4 Å². The number of urea groups is 1. The molecule has 334 valence electrons. The fourth-order valence-corrected chi connectivity index (χ4v) is 8.51. The lowest BCUT2D eigenvalue weighted by atomic mass is 9.92. The average Bonchev–Trinajstić information content (AvgIpc) is 3.73. The van der Waals surface area contributed by atoms with Crippen molar-refractivity contribution in [3.63, 3.8) is 0 Å². The number of carbonyl (C=O) groups is 9. The van der Waals surface area contributed by atoms with Crippen LogP contribution in [0.25, 0.3) is 0 Å². The quantitative estimate of drug-likeness (QED) is 0.0144. The number of hydrogen-bond donors (Lipinski definition) is 12. The number of fused-ring (bicyclic) bond motifs is 1. The molecule has 0 saturated carbocycles. The highest BCUT2D eigenvalue weighted by molar-refractivity contribution is 8.00. The Morgan fingerprint density at radius 1 is 0.763 bits per heavy atom. The fourth-order valence-electron chi connectivity index (χ4n) is 6.71. The van der Waals surface area contributed by atoms with Crippen molar-refractivity contribution in [2.75, 3.05) is 31.1 Å². The molecule has 2 saturated heterocycles. The largest absolute Gasteiger partial charge is 0.368 e. The van der Waals surface area contributed by atoms with E-state index < -0.39 is 78.5 Å². The lowest BCUT2D eigenvalue weighted by molar-refractivity contribution is -0.137. The van der Waals surface area contributed by atoms with E-state index in [2.05, 4.69) is 55.2 Å². The van der Waals surface area contributed by atoms with E-state index in [1.807, 2.05) is 39.5 Å². The normalized spacial score (nSPS) is 18.9. The second kappa shape index (κ2) is 26.7. The number of thiol groups is 1. The van der Waals surface area contributed by atoms with Gasteiger partial charge in [0, 0.05) is 42.1 Å². The van der Waals surface area contributed by atoms with Crippen LogP contribution < -0.4 is 53.7 Å². The molecule has 1 unspecified atom stereocenters. The summed E-state index contributed by atoms with van der Waals surface area (Å²) in [6.07, 6.45) is 4.34. The minimum atomic E-state index is -1.16. The summed E-state index contributed by atoms with van der Waals surface area (Å²) in [4.78, 5) is 112. The van der Waals surface area contributed by atoms with E-state index in [0.717, 1.165) is 25.0 Å². The van der Waals surface area contributed by atoms with E-state index in [4.69, 9.17) is 10.9 Å². The maximum absolute atomic E-state index is 13.2. The second-order valence-electron chi connectivity index (χ2n) is 15.7. The van der Waals surface area contributed by atoms with Crippen molar-refractivity contribution in [2.45, 2.75) is 127 Å². The number of hydroxylamine groups is 1. The summed E-state index contributed by atoms with van der Waals surface area (Å²) in [6.45, 7) is 6.70. The van der Waals surface area contributed by atoms with Crippen LogP contribution in [0, 0.1) is 17.8 Å². The first-order valence-electron chi connectivity index (χ1n) is 20.2. The second-order valence-corrected chi connectivity index (χ2v) is 17.4. The van der Waals surface area contributed by atoms with Crippen molar-refractivity contribution in [2.24, 2.45) is 23.5 Å². The first kappa shape index (κ1) is 50.8. The summed E-state index contributed by atoms with van der Waals surface area (Å²) >= 11 is 6.01. The zero-order chi connectivity index (χ0) is 44.1. The average molecular weight is 873 g/mol. The summed E-state index contributed by atoms with van der Waals surface area (Å²) in [7, 11) is 0. The van der Waals surface area contributed by atoms with Gasteiger partial charge in [0.25, 0.3) is 0 Å². The molecule has 2 rings (SSSR count). The molecule has 0 spiro atoms. The molecule has 0 aromatic rings. The van der Waals surface area contributed by atoms with Gasteiger partial charge in [-0.3, -0.25) is 43.6 Å². The summed E-state index contributed by atoms with van der Waals surface area (Å²) in [6, 6.07) is -3.06. The number of amides is 10. The van der Waals surface area contributed by atoms with Crippen LogP contribution >= 0.6 is 24.4 Å². The molecular formula is C37H64N10O10S2. The molecule has 12 N–H and O–H groups in total. The first-order chi connectivity index (χ1) is 27.9. The van der Waals surface area contributed by atoms with Gasteiger partial charge in [-0.25, -0.2) is 10.3 Å². The summed E-state index contributed by atoms with van der Waals surface area (Å²) < 4.78 is 0. The fraction of sp³-hybridized carbons (Fsp3) is 0.757. The summed E-state index contributed by atoms with van der Waals surface area (Å²) in [5.74, 6) is -5.09. The number of primary amides is 1. The van der Waals surface area contributed by atoms with Gasteiger partial charge in [-0.15, -0.1) is 0 Å². The standard InChI is InChI=1S/C37H64N10O10S2/c1-20(2)13-22(15-29(49)47-57)34(53)44-25(18-58)36(55)43-24(14-21(3)4)35(54)41-16-30(50)40-17-31(51)42-23(33(38)52)9-7-8-12-39-28(48)11-6-5-10-27-32-26(19-59-27)45-37(56)46-32/h20-27,32,57-58H,5-19H2,1-4H3,(H2,38,52)(H,39,48)(H,40,50)(H,41,54)(H,42,51)(H,43,55)(H,44,53)(H,47,49)(H2,45,46,56)/t22?,23-,24-,25-,26-,27-,32-/m0/s1.